The lowest BCUT2D eigenvalue weighted by Crippen LogP contribution is -2.42. The molecule has 0 unspecified atom stereocenters. The van der Waals surface area contributed by atoms with E-state index in [1.165, 1.54) is 0 Å². The van der Waals surface area contributed by atoms with E-state index in [1.54, 1.807) is 23.1 Å². The molecule has 0 saturated heterocycles. The first-order chi connectivity index (χ1) is 15.8. The van der Waals surface area contributed by atoms with Gasteiger partial charge in [-0.3, -0.25) is 4.90 Å². The molecule has 33 heavy (non-hydrogen) atoms. The Morgan fingerprint density at radius 1 is 1.18 bits per heavy atom. The average Bonchev–Trinajstić information content (AvgIpc) is 3.14. The maximum Gasteiger partial charge on any atom is 0.414 e. The number of benzene rings is 1. The molecule has 1 aliphatic rings. The Morgan fingerprint density at radius 2 is 1.91 bits per heavy atom. The second kappa shape index (κ2) is 11.4. The van der Waals surface area contributed by atoms with E-state index >= 15 is 0 Å². The third kappa shape index (κ3) is 5.97. The van der Waals surface area contributed by atoms with Crippen LogP contribution in [0.15, 0.2) is 24.3 Å². The number of aromatic carboxylic acids is 1. The van der Waals surface area contributed by atoms with E-state index < -0.39 is 24.6 Å². The summed E-state index contributed by atoms with van der Waals surface area (Å²) in [6.07, 6.45) is 5.26. The lowest BCUT2D eigenvalue weighted by molar-refractivity contribution is -0.139. The van der Waals surface area contributed by atoms with Crippen molar-refractivity contribution in [3.63, 3.8) is 0 Å². The lowest BCUT2D eigenvalue weighted by Gasteiger charge is -2.33. The highest BCUT2D eigenvalue weighted by molar-refractivity contribution is 7.18. The molecule has 3 rings (SSSR count). The summed E-state index contributed by atoms with van der Waals surface area (Å²) in [7, 11) is 0. The van der Waals surface area contributed by atoms with Gasteiger partial charge in [-0.25, -0.2) is 14.4 Å². The molecule has 2 N–H and O–H groups in total. The molecule has 8 nitrogen and oxygen atoms in total. The van der Waals surface area contributed by atoms with Gasteiger partial charge in [-0.05, 0) is 37.0 Å². The van der Waals surface area contributed by atoms with Crippen LogP contribution in [0.4, 0.5) is 10.5 Å². The number of amides is 1. The molecule has 0 bridgehead atoms. The number of rotatable bonds is 9. The first-order valence-electron chi connectivity index (χ1n) is 10.8. The van der Waals surface area contributed by atoms with Crippen LogP contribution < -0.4 is 9.64 Å². The standard InChI is InChI=1S/C23H26ClNO7S/c1-2-11-31-23(30)25(15-8-4-3-5-9-15)16-10-6-7-14(12-16)20-18(24)19(32-13-17(26)27)21(33-20)22(28)29/h6-7,10,12,15H,2-5,8-9,11,13H2,1H3,(H,26,27)(H,28,29). The molecule has 2 aromatic rings. The predicted octanol–water partition coefficient (Wildman–Crippen LogP) is 5.92. The Balaban J connectivity index is 2.00. The minimum absolute atomic E-state index is 0.0150. The van der Waals surface area contributed by atoms with E-state index in [0.29, 0.717) is 29.2 Å². The maximum absolute atomic E-state index is 12.9. The molecule has 1 heterocycles. The number of hydrogen-bond acceptors (Lipinski definition) is 6. The van der Waals surface area contributed by atoms with Gasteiger partial charge < -0.3 is 19.7 Å². The van der Waals surface area contributed by atoms with Gasteiger partial charge in [0, 0.05) is 11.7 Å². The topological polar surface area (TPSA) is 113 Å². The van der Waals surface area contributed by atoms with Gasteiger partial charge in [-0.2, -0.15) is 0 Å². The fourth-order valence-corrected chi connectivity index (χ4v) is 5.25. The van der Waals surface area contributed by atoms with Gasteiger partial charge in [0.2, 0.25) is 0 Å². The quantitative estimate of drug-likeness (QED) is 0.444. The van der Waals surface area contributed by atoms with Gasteiger partial charge >= 0.3 is 18.0 Å². The summed E-state index contributed by atoms with van der Waals surface area (Å²) in [6, 6.07) is 7.12. The van der Waals surface area contributed by atoms with Crippen LogP contribution in [0.25, 0.3) is 10.4 Å². The molecule has 1 amide bonds. The zero-order valence-electron chi connectivity index (χ0n) is 18.2. The molecular formula is C23H26ClNO7S. The SMILES string of the molecule is CCCOC(=O)N(c1cccc(-c2sc(C(=O)O)c(OCC(=O)O)c2Cl)c1)C1CCCCC1. The second-order valence-electron chi connectivity index (χ2n) is 7.72. The van der Waals surface area contributed by atoms with Crippen molar-refractivity contribution in [2.24, 2.45) is 0 Å². The zero-order valence-corrected chi connectivity index (χ0v) is 19.8. The summed E-state index contributed by atoms with van der Waals surface area (Å²) in [5.74, 6) is -2.69. The summed E-state index contributed by atoms with van der Waals surface area (Å²) < 4.78 is 10.6. The number of carbonyl (C=O) groups excluding carboxylic acids is 1. The van der Waals surface area contributed by atoms with Gasteiger partial charge in [0.25, 0.3) is 0 Å². The number of hydrogen-bond donors (Lipinski definition) is 2. The lowest BCUT2D eigenvalue weighted by atomic mass is 9.94. The van der Waals surface area contributed by atoms with Gasteiger partial charge in [-0.15, -0.1) is 11.3 Å². The Kier molecular flexibility index (Phi) is 8.57. The van der Waals surface area contributed by atoms with Crippen LogP contribution in [0, 0.1) is 0 Å². The molecular weight excluding hydrogens is 470 g/mol. The van der Waals surface area contributed by atoms with Gasteiger partial charge in [0.05, 0.1) is 11.5 Å². The van der Waals surface area contributed by atoms with Crippen molar-refractivity contribution in [1.29, 1.82) is 0 Å². The summed E-state index contributed by atoms with van der Waals surface area (Å²) >= 11 is 7.32. The van der Waals surface area contributed by atoms with Crippen molar-refractivity contribution in [2.45, 2.75) is 51.5 Å². The van der Waals surface area contributed by atoms with Crippen LogP contribution in [0.3, 0.4) is 0 Å². The summed E-state index contributed by atoms with van der Waals surface area (Å²) in [5.41, 5.74) is 1.23. The Bertz CT molecular complexity index is 1020. The van der Waals surface area contributed by atoms with Crippen LogP contribution in [0.2, 0.25) is 5.02 Å². The third-order valence-corrected chi connectivity index (χ3v) is 6.98. The largest absolute Gasteiger partial charge is 0.479 e. The molecule has 1 aromatic heterocycles. The van der Waals surface area contributed by atoms with Crippen molar-refractivity contribution in [1.82, 2.24) is 0 Å². The highest BCUT2D eigenvalue weighted by Crippen LogP contribution is 2.46. The zero-order chi connectivity index (χ0) is 24.0. The van der Waals surface area contributed by atoms with E-state index in [-0.39, 0.29) is 21.7 Å². The first kappa shape index (κ1) is 24.9. The fraction of sp³-hybridized carbons (Fsp3) is 0.435. The number of carboxylic acids is 2. The number of ether oxygens (including phenoxy) is 2. The van der Waals surface area contributed by atoms with Crippen molar-refractivity contribution in [2.75, 3.05) is 18.1 Å². The van der Waals surface area contributed by atoms with E-state index in [2.05, 4.69) is 0 Å². The van der Waals surface area contributed by atoms with Gasteiger partial charge in [-0.1, -0.05) is 49.9 Å². The Morgan fingerprint density at radius 3 is 2.55 bits per heavy atom. The smallest absolute Gasteiger partial charge is 0.414 e. The van der Waals surface area contributed by atoms with Crippen LogP contribution in [0.5, 0.6) is 5.75 Å². The molecule has 1 aliphatic carbocycles. The van der Waals surface area contributed by atoms with Crippen LogP contribution >= 0.6 is 22.9 Å². The maximum atomic E-state index is 12.9. The van der Waals surface area contributed by atoms with Gasteiger partial charge in [0.1, 0.15) is 5.02 Å². The fourth-order valence-electron chi connectivity index (χ4n) is 3.85. The molecule has 0 aliphatic heterocycles. The van der Waals surface area contributed by atoms with Crippen molar-refractivity contribution < 1.29 is 34.1 Å². The van der Waals surface area contributed by atoms with Crippen LogP contribution in [-0.2, 0) is 9.53 Å². The van der Waals surface area contributed by atoms with E-state index in [9.17, 15) is 19.5 Å². The Hall–Kier alpha value is -2.78. The second-order valence-corrected chi connectivity index (χ2v) is 9.12. The van der Waals surface area contributed by atoms with Crippen molar-refractivity contribution in [3.05, 3.63) is 34.2 Å². The molecule has 0 atom stereocenters. The molecule has 1 aromatic carbocycles. The number of halogens is 1. The van der Waals surface area contributed by atoms with E-state index in [0.717, 1.165) is 43.4 Å². The summed E-state index contributed by atoms with van der Waals surface area (Å²) in [5, 5.41) is 18.5. The average molecular weight is 496 g/mol. The monoisotopic (exact) mass is 495 g/mol. The number of carbonyl (C=O) groups is 3. The molecule has 0 radical (unpaired) electrons. The predicted molar refractivity (Wildman–Crippen MR) is 126 cm³/mol. The molecule has 178 valence electrons. The van der Waals surface area contributed by atoms with Crippen LogP contribution in [-0.4, -0.2) is 47.5 Å². The highest BCUT2D eigenvalue weighted by Gasteiger charge is 2.29. The molecule has 10 heteroatoms. The minimum atomic E-state index is -1.27. The normalized spacial score (nSPS) is 14.0. The number of aliphatic carboxylic acids is 1. The van der Waals surface area contributed by atoms with Crippen molar-refractivity contribution >= 4 is 46.7 Å². The van der Waals surface area contributed by atoms with E-state index in [1.807, 2.05) is 13.0 Å². The summed E-state index contributed by atoms with van der Waals surface area (Å²) in [6.45, 7) is 1.54. The molecule has 0 spiro atoms. The summed E-state index contributed by atoms with van der Waals surface area (Å²) in [4.78, 5) is 37.4. The molecule has 1 fully saturated rings. The number of nitrogens with zero attached hydrogens (tertiary/aromatic N) is 1. The van der Waals surface area contributed by atoms with Crippen molar-refractivity contribution in [3.8, 4) is 16.2 Å². The third-order valence-electron chi connectivity index (χ3n) is 5.30. The van der Waals surface area contributed by atoms with E-state index in [4.69, 9.17) is 26.2 Å². The number of thiophene rings is 1. The van der Waals surface area contributed by atoms with Crippen LogP contribution in [0.1, 0.15) is 55.1 Å². The number of carboxylic acid groups (broad SMARTS) is 2. The Labute approximate surface area is 200 Å². The first-order valence-corrected chi connectivity index (χ1v) is 12.0. The minimum Gasteiger partial charge on any atom is -0.479 e. The van der Waals surface area contributed by atoms with Gasteiger partial charge in [0.15, 0.2) is 17.2 Å². The highest BCUT2D eigenvalue weighted by atomic mass is 35.5. The number of anilines is 1. The molecule has 1 saturated carbocycles.